The lowest BCUT2D eigenvalue weighted by molar-refractivity contribution is -0.137. The molecule has 0 aliphatic heterocycles. The van der Waals surface area contributed by atoms with Crippen molar-refractivity contribution >= 4 is 5.97 Å². The molecule has 0 aromatic heterocycles. The zero-order chi connectivity index (χ0) is 17.6. The van der Waals surface area contributed by atoms with Gasteiger partial charge in [0.1, 0.15) is 0 Å². The topological polar surface area (TPSA) is 49.3 Å². The van der Waals surface area contributed by atoms with Crippen molar-refractivity contribution in [2.24, 2.45) is 0 Å². The summed E-state index contributed by atoms with van der Waals surface area (Å²) in [4.78, 5) is 10.6. The number of hydrogen-bond acceptors (Lipinski definition) is 2. The van der Waals surface area contributed by atoms with E-state index in [0.717, 1.165) is 6.54 Å². The smallest absolute Gasteiger partial charge is 0.303 e. The molecule has 0 aliphatic rings. The Kier molecular flexibility index (Phi) is 11.2. The molecule has 136 valence electrons. The Morgan fingerprint density at radius 1 is 1.00 bits per heavy atom. The number of aliphatic carboxylic acids is 1. The minimum absolute atomic E-state index is 0.228. The standard InChI is InChI=1S/C21H35NO2/c1-3-4-5-6-7-8-9-10-19-12-14-20(15-13-19)17-22-18(2)11-16-21(23)24/h12-15,18,22H,3-11,16-17H2,1-2H3,(H,23,24). The van der Waals surface area contributed by atoms with Gasteiger partial charge in [-0.25, -0.2) is 0 Å². The van der Waals surface area contributed by atoms with E-state index in [1.54, 1.807) is 0 Å². The van der Waals surface area contributed by atoms with Crippen molar-refractivity contribution < 1.29 is 9.90 Å². The van der Waals surface area contributed by atoms with E-state index in [4.69, 9.17) is 5.11 Å². The van der Waals surface area contributed by atoms with Crippen molar-refractivity contribution in [3.63, 3.8) is 0 Å². The zero-order valence-corrected chi connectivity index (χ0v) is 15.5. The predicted octanol–water partition coefficient (Wildman–Crippen LogP) is 5.32. The highest BCUT2D eigenvalue weighted by Crippen LogP contribution is 2.12. The van der Waals surface area contributed by atoms with Crippen LogP contribution in [0.3, 0.4) is 0 Å². The molecule has 0 aliphatic carbocycles. The van der Waals surface area contributed by atoms with Gasteiger partial charge in [0.15, 0.2) is 0 Å². The Bertz CT molecular complexity index is 442. The largest absolute Gasteiger partial charge is 0.481 e. The molecule has 0 heterocycles. The number of benzene rings is 1. The molecule has 0 saturated carbocycles. The Morgan fingerprint density at radius 3 is 2.21 bits per heavy atom. The highest BCUT2D eigenvalue weighted by molar-refractivity contribution is 5.66. The first-order chi connectivity index (χ1) is 11.6. The molecule has 1 unspecified atom stereocenters. The fourth-order valence-corrected chi connectivity index (χ4v) is 2.84. The van der Waals surface area contributed by atoms with Crippen LogP contribution in [0.15, 0.2) is 24.3 Å². The summed E-state index contributed by atoms with van der Waals surface area (Å²) >= 11 is 0. The summed E-state index contributed by atoms with van der Waals surface area (Å²) in [6.45, 7) is 5.10. The zero-order valence-electron chi connectivity index (χ0n) is 15.5. The molecule has 1 atom stereocenters. The fraction of sp³-hybridized carbons (Fsp3) is 0.667. The lowest BCUT2D eigenvalue weighted by Gasteiger charge is -2.13. The highest BCUT2D eigenvalue weighted by atomic mass is 16.4. The van der Waals surface area contributed by atoms with E-state index in [0.29, 0.717) is 6.42 Å². The summed E-state index contributed by atoms with van der Waals surface area (Å²) < 4.78 is 0. The second-order valence-corrected chi connectivity index (χ2v) is 6.90. The summed E-state index contributed by atoms with van der Waals surface area (Å²) in [5, 5.41) is 12.1. The number of unbranched alkanes of at least 4 members (excludes halogenated alkanes) is 6. The molecule has 0 saturated heterocycles. The summed E-state index contributed by atoms with van der Waals surface area (Å²) in [5.74, 6) is -0.724. The molecule has 2 N–H and O–H groups in total. The van der Waals surface area contributed by atoms with Gasteiger partial charge in [-0.3, -0.25) is 4.79 Å². The maximum Gasteiger partial charge on any atom is 0.303 e. The molecule has 0 bridgehead atoms. The summed E-state index contributed by atoms with van der Waals surface area (Å²) in [6.07, 6.45) is 11.6. The fourth-order valence-electron chi connectivity index (χ4n) is 2.84. The molecule has 24 heavy (non-hydrogen) atoms. The van der Waals surface area contributed by atoms with Crippen LogP contribution in [0.4, 0.5) is 0 Å². The molecule has 3 heteroatoms. The minimum Gasteiger partial charge on any atom is -0.481 e. The highest BCUT2D eigenvalue weighted by Gasteiger charge is 2.05. The molecule has 3 nitrogen and oxygen atoms in total. The normalized spacial score (nSPS) is 12.2. The van der Waals surface area contributed by atoms with E-state index < -0.39 is 5.97 Å². The Labute approximate surface area is 147 Å². The van der Waals surface area contributed by atoms with Gasteiger partial charge in [0.25, 0.3) is 0 Å². The monoisotopic (exact) mass is 333 g/mol. The number of carbonyl (C=O) groups is 1. The third-order valence-corrected chi connectivity index (χ3v) is 4.54. The van der Waals surface area contributed by atoms with E-state index in [9.17, 15) is 4.79 Å². The van der Waals surface area contributed by atoms with Crippen LogP contribution in [0.25, 0.3) is 0 Å². The van der Waals surface area contributed by atoms with Crippen molar-refractivity contribution in [3.05, 3.63) is 35.4 Å². The number of nitrogens with one attached hydrogen (secondary N) is 1. The third-order valence-electron chi connectivity index (χ3n) is 4.54. The van der Waals surface area contributed by atoms with Crippen molar-refractivity contribution in [3.8, 4) is 0 Å². The predicted molar refractivity (Wildman–Crippen MR) is 101 cm³/mol. The van der Waals surface area contributed by atoms with Gasteiger partial charge in [0, 0.05) is 19.0 Å². The molecule has 0 fully saturated rings. The third kappa shape index (κ3) is 10.4. The maximum absolute atomic E-state index is 10.6. The van der Waals surface area contributed by atoms with Crippen molar-refractivity contribution in [1.29, 1.82) is 0 Å². The van der Waals surface area contributed by atoms with Crippen LogP contribution in [0.5, 0.6) is 0 Å². The lowest BCUT2D eigenvalue weighted by atomic mass is 10.0. The minimum atomic E-state index is -0.724. The van der Waals surface area contributed by atoms with E-state index in [-0.39, 0.29) is 12.5 Å². The van der Waals surface area contributed by atoms with Crippen LogP contribution < -0.4 is 5.32 Å². The molecule has 1 aromatic carbocycles. The van der Waals surface area contributed by atoms with E-state index >= 15 is 0 Å². The first-order valence-corrected chi connectivity index (χ1v) is 9.64. The quantitative estimate of drug-likeness (QED) is 0.453. The number of carboxylic acids is 1. The first-order valence-electron chi connectivity index (χ1n) is 9.64. The van der Waals surface area contributed by atoms with Crippen molar-refractivity contribution in [1.82, 2.24) is 5.32 Å². The number of hydrogen-bond donors (Lipinski definition) is 2. The van der Waals surface area contributed by atoms with Gasteiger partial charge in [-0.05, 0) is 37.3 Å². The van der Waals surface area contributed by atoms with Gasteiger partial charge in [0.2, 0.25) is 0 Å². The van der Waals surface area contributed by atoms with E-state index in [2.05, 4.69) is 36.5 Å². The van der Waals surface area contributed by atoms with Crippen molar-refractivity contribution in [2.45, 2.75) is 90.6 Å². The summed E-state index contributed by atoms with van der Waals surface area (Å²) in [6, 6.07) is 9.07. The second-order valence-electron chi connectivity index (χ2n) is 6.90. The number of aryl methyl sites for hydroxylation is 1. The van der Waals surface area contributed by atoms with Gasteiger partial charge >= 0.3 is 5.97 Å². The van der Waals surface area contributed by atoms with Crippen LogP contribution in [0, 0.1) is 0 Å². The van der Waals surface area contributed by atoms with Crippen molar-refractivity contribution in [2.75, 3.05) is 0 Å². The number of carboxylic acid groups (broad SMARTS) is 1. The molecule has 0 spiro atoms. The van der Waals surface area contributed by atoms with Crippen LogP contribution in [-0.2, 0) is 17.8 Å². The van der Waals surface area contributed by atoms with Crippen LogP contribution in [0.2, 0.25) is 0 Å². The van der Waals surface area contributed by atoms with Gasteiger partial charge in [0.05, 0.1) is 0 Å². The lowest BCUT2D eigenvalue weighted by Crippen LogP contribution is -2.26. The van der Waals surface area contributed by atoms with Crippen LogP contribution in [0.1, 0.15) is 82.8 Å². The Balaban J connectivity index is 2.15. The van der Waals surface area contributed by atoms with Gasteiger partial charge in [-0.1, -0.05) is 69.7 Å². The molecular formula is C21H35NO2. The van der Waals surface area contributed by atoms with Gasteiger partial charge in [-0.2, -0.15) is 0 Å². The Morgan fingerprint density at radius 2 is 1.58 bits per heavy atom. The molecule has 1 rings (SSSR count). The molecule has 1 aromatic rings. The molecular weight excluding hydrogens is 298 g/mol. The average molecular weight is 334 g/mol. The van der Waals surface area contributed by atoms with E-state index in [1.807, 2.05) is 6.92 Å². The van der Waals surface area contributed by atoms with E-state index in [1.165, 1.54) is 62.5 Å². The van der Waals surface area contributed by atoms with Crippen LogP contribution in [-0.4, -0.2) is 17.1 Å². The molecule has 0 amide bonds. The molecule has 0 radical (unpaired) electrons. The van der Waals surface area contributed by atoms with Gasteiger partial charge in [-0.15, -0.1) is 0 Å². The maximum atomic E-state index is 10.6. The first kappa shape index (κ1) is 20.7. The van der Waals surface area contributed by atoms with Crippen LogP contribution >= 0.6 is 0 Å². The SMILES string of the molecule is CCCCCCCCCc1ccc(CNC(C)CCC(=O)O)cc1. The van der Waals surface area contributed by atoms with Gasteiger partial charge < -0.3 is 10.4 Å². The average Bonchev–Trinajstić information content (AvgIpc) is 2.58. The summed E-state index contributed by atoms with van der Waals surface area (Å²) in [5.41, 5.74) is 2.69. The summed E-state index contributed by atoms with van der Waals surface area (Å²) in [7, 11) is 0. The number of rotatable bonds is 14. The second kappa shape index (κ2) is 13.0. The Hall–Kier alpha value is -1.35.